The quantitative estimate of drug-likeness (QED) is 0.188. The second kappa shape index (κ2) is 11.5. The molecule has 7 aromatic carbocycles. The summed E-state index contributed by atoms with van der Waals surface area (Å²) in [6.45, 7) is 0. The maximum Gasteiger partial charge on any atom is 0.227 e. The lowest BCUT2D eigenvalue weighted by Gasteiger charge is -2.28. The summed E-state index contributed by atoms with van der Waals surface area (Å²) in [7, 11) is 0. The summed E-state index contributed by atoms with van der Waals surface area (Å²) in [6, 6.07) is 60.6. The molecule has 8 rings (SSSR count). The number of nitrogens with zero attached hydrogens (tertiary/aromatic N) is 3. The van der Waals surface area contributed by atoms with Crippen molar-refractivity contribution in [2.75, 3.05) is 9.80 Å². The normalized spacial score (nSPS) is 11.1. The molecule has 0 aliphatic rings. The number of fused-ring (bicyclic) bond motifs is 3. The largest absolute Gasteiger partial charge is 0.435 e. The van der Waals surface area contributed by atoms with E-state index < -0.39 is 0 Å². The second-order valence-electron chi connectivity index (χ2n) is 10.8. The lowest BCUT2D eigenvalue weighted by Crippen LogP contribution is -2.12. The molecule has 214 valence electrons. The van der Waals surface area contributed by atoms with Gasteiger partial charge in [0.1, 0.15) is 5.52 Å². The lowest BCUT2D eigenvalue weighted by atomic mass is 10.0. The highest BCUT2D eigenvalue weighted by atomic mass is 16.3. The second-order valence-corrected chi connectivity index (χ2v) is 10.8. The van der Waals surface area contributed by atoms with Gasteiger partial charge in [-0.2, -0.15) is 0 Å². The third kappa shape index (κ3) is 4.89. The number of aromatic nitrogens is 1. The van der Waals surface area contributed by atoms with E-state index in [2.05, 4.69) is 131 Å². The van der Waals surface area contributed by atoms with Crippen molar-refractivity contribution < 1.29 is 4.42 Å². The van der Waals surface area contributed by atoms with E-state index in [0.717, 1.165) is 61.6 Å². The smallest absolute Gasteiger partial charge is 0.227 e. The van der Waals surface area contributed by atoms with Crippen LogP contribution in [0.2, 0.25) is 0 Å². The van der Waals surface area contributed by atoms with E-state index in [1.807, 2.05) is 54.6 Å². The van der Waals surface area contributed by atoms with E-state index in [9.17, 15) is 0 Å². The maximum absolute atomic E-state index is 6.83. The van der Waals surface area contributed by atoms with Gasteiger partial charge in [-0.1, -0.05) is 103 Å². The van der Waals surface area contributed by atoms with Gasteiger partial charge in [-0.3, -0.25) is 0 Å². The summed E-state index contributed by atoms with van der Waals surface area (Å²) in [4.78, 5) is 9.78. The van der Waals surface area contributed by atoms with Gasteiger partial charge < -0.3 is 14.2 Å². The van der Waals surface area contributed by atoms with Crippen LogP contribution in [0.3, 0.4) is 0 Å². The summed E-state index contributed by atoms with van der Waals surface area (Å²) in [5.41, 5.74) is 8.64. The maximum atomic E-state index is 6.83. The third-order valence-electron chi connectivity index (χ3n) is 8.02. The zero-order valence-corrected chi connectivity index (χ0v) is 24.5. The molecule has 45 heavy (non-hydrogen) atoms. The van der Waals surface area contributed by atoms with Gasteiger partial charge in [0.2, 0.25) is 5.89 Å². The van der Waals surface area contributed by atoms with Gasteiger partial charge >= 0.3 is 0 Å². The fourth-order valence-electron chi connectivity index (χ4n) is 6.03. The van der Waals surface area contributed by atoms with Crippen molar-refractivity contribution >= 4 is 56.0 Å². The van der Waals surface area contributed by atoms with Crippen LogP contribution in [0.1, 0.15) is 0 Å². The van der Waals surface area contributed by atoms with Crippen LogP contribution >= 0.6 is 0 Å². The average Bonchev–Trinajstić information content (AvgIpc) is 3.57. The summed E-state index contributed by atoms with van der Waals surface area (Å²) >= 11 is 0. The molecule has 0 atom stereocenters. The Labute approximate surface area is 262 Å². The first kappa shape index (κ1) is 26.5. The zero-order chi connectivity index (χ0) is 30.0. The minimum Gasteiger partial charge on any atom is -0.435 e. The summed E-state index contributed by atoms with van der Waals surface area (Å²) in [6.07, 6.45) is 0. The fraction of sp³-hybridized carbons (Fsp3) is 0. The van der Waals surface area contributed by atoms with E-state index >= 15 is 0 Å². The highest BCUT2D eigenvalue weighted by Gasteiger charge is 2.25. The molecule has 0 fully saturated rings. The van der Waals surface area contributed by atoms with Crippen LogP contribution < -0.4 is 9.80 Å². The molecule has 4 heteroatoms. The van der Waals surface area contributed by atoms with Crippen molar-refractivity contribution in [2.45, 2.75) is 0 Å². The Kier molecular flexibility index (Phi) is 6.78. The van der Waals surface area contributed by atoms with Crippen LogP contribution in [0.4, 0.5) is 34.1 Å². The van der Waals surface area contributed by atoms with Crippen molar-refractivity contribution in [3.63, 3.8) is 0 Å². The minimum atomic E-state index is 0.584. The van der Waals surface area contributed by atoms with E-state index in [0.29, 0.717) is 5.89 Å². The van der Waals surface area contributed by atoms with Gasteiger partial charge in [0.05, 0.1) is 16.8 Å². The van der Waals surface area contributed by atoms with E-state index in [4.69, 9.17) is 9.40 Å². The molecule has 8 aromatic rings. The Morgan fingerprint density at radius 3 is 1.36 bits per heavy atom. The Bertz CT molecular complexity index is 2120. The first-order chi connectivity index (χ1) is 22.3. The van der Waals surface area contributed by atoms with Crippen LogP contribution in [0.25, 0.3) is 33.3 Å². The molecule has 0 saturated heterocycles. The topological polar surface area (TPSA) is 32.5 Å². The number of para-hydroxylation sites is 4. The van der Waals surface area contributed by atoms with Gasteiger partial charge in [-0.05, 0) is 78.2 Å². The molecular weight excluding hydrogens is 550 g/mol. The number of benzene rings is 7. The fourth-order valence-corrected chi connectivity index (χ4v) is 6.03. The molecule has 0 bridgehead atoms. The number of rotatable bonds is 7. The number of hydrogen-bond acceptors (Lipinski definition) is 4. The Morgan fingerprint density at radius 2 is 0.867 bits per heavy atom. The molecule has 0 aliphatic carbocycles. The summed E-state index contributed by atoms with van der Waals surface area (Å²) in [5, 5.41) is 2.05. The van der Waals surface area contributed by atoms with Gasteiger partial charge in [0.25, 0.3) is 0 Å². The molecule has 0 radical (unpaired) electrons. The minimum absolute atomic E-state index is 0.584. The Balaban J connectivity index is 1.47. The van der Waals surface area contributed by atoms with Crippen LogP contribution in [0.15, 0.2) is 180 Å². The Hall–Kier alpha value is -6.13. The van der Waals surface area contributed by atoms with Crippen molar-refractivity contribution in [3.05, 3.63) is 176 Å². The van der Waals surface area contributed by atoms with Gasteiger partial charge in [-0.25, -0.2) is 4.98 Å². The van der Waals surface area contributed by atoms with Gasteiger partial charge in [-0.15, -0.1) is 0 Å². The molecule has 0 aliphatic heterocycles. The lowest BCUT2D eigenvalue weighted by molar-refractivity contribution is 0.623. The highest BCUT2D eigenvalue weighted by molar-refractivity contribution is 6.17. The SMILES string of the molecule is c1ccc(-c2nc3c(N(c4ccccc4)c4ccccc4)cc4cccc(N(c5ccccc5)c5ccccc5)c4c3o2)cc1. The van der Waals surface area contributed by atoms with Crippen LogP contribution in [0.5, 0.6) is 0 Å². The molecule has 1 heterocycles. The van der Waals surface area contributed by atoms with Crippen molar-refractivity contribution in [1.82, 2.24) is 4.98 Å². The van der Waals surface area contributed by atoms with Crippen molar-refractivity contribution in [3.8, 4) is 11.5 Å². The Morgan fingerprint density at radius 1 is 0.422 bits per heavy atom. The zero-order valence-electron chi connectivity index (χ0n) is 24.5. The van der Waals surface area contributed by atoms with Crippen molar-refractivity contribution in [2.24, 2.45) is 0 Å². The van der Waals surface area contributed by atoms with Crippen LogP contribution in [-0.2, 0) is 0 Å². The van der Waals surface area contributed by atoms with Crippen molar-refractivity contribution in [1.29, 1.82) is 0 Å². The molecule has 0 spiro atoms. The molecule has 0 N–H and O–H groups in total. The van der Waals surface area contributed by atoms with E-state index in [1.165, 1.54) is 0 Å². The monoisotopic (exact) mass is 579 g/mol. The molecule has 0 amide bonds. The van der Waals surface area contributed by atoms with E-state index in [1.54, 1.807) is 0 Å². The molecule has 4 nitrogen and oxygen atoms in total. The molecule has 0 unspecified atom stereocenters. The first-order valence-corrected chi connectivity index (χ1v) is 15.1. The molecule has 1 aromatic heterocycles. The van der Waals surface area contributed by atoms with Crippen LogP contribution in [-0.4, -0.2) is 4.98 Å². The third-order valence-corrected chi connectivity index (χ3v) is 8.02. The summed E-state index contributed by atoms with van der Waals surface area (Å²) in [5.74, 6) is 0.584. The first-order valence-electron chi connectivity index (χ1n) is 15.1. The standard InChI is InChI=1S/C41H29N3O/c1-6-17-30(18-7-1)41-42-39-37(44(34-24-12-4-13-25-34)35-26-14-5-15-27-35)29-31-19-16-28-36(38(31)40(39)45-41)43(32-20-8-2-9-21-32)33-22-10-3-11-23-33/h1-29H. The number of oxazole rings is 1. The van der Waals surface area contributed by atoms with Crippen LogP contribution in [0, 0.1) is 0 Å². The van der Waals surface area contributed by atoms with E-state index in [-0.39, 0.29) is 0 Å². The molecular formula is C41H29N3O. The van der Waals surface area contributed by atoms with Gasteiger partial charge in [0, 0.05) is 28.3 Å². The number of hydrogen-bond donors (Lipinski definition) is 0. The average molecular weight is 580 g/mol. The highest BCUT2D eigenvalue weighted by Crippen LogP contribution is 2.47. The molecule has 0 saturated carbocycles. The number of anilines is 6. The van der Waals surface area contributed by atoms with Gasteiger partial charge in [0.15, 0.2) is 5.58 Å². The predicted molar refractivity (Wildman–Crippen MR) is 186 cm³/mol. The predicted octanol–water partition coefficient (Wildman–Crippen LogP) is 11.6. The summed E-state index contributed by atoms with van der Waals surface area (Å²) < 4.78 is 6.83.